The number of rotatable bonds is 4. The van der Waals surface area contributed by atoms with Gasteiger partial charge in [-0.3, -0.25) is 0 Å². The lowest BCUT2D eigenvalue weighted by Crippen LogP contribution is -2.14. The molecule has 0 amide bonds. The molecular formula is C17H20ClNO2. The van der Waals surface area contributed by atoms with Gasteiger partial charge in [-0.15, -0.1) is 0 Å². The van der Waals surface area contributed by atoms with E-state index in [0.29, 0.717) is 5.02 Å². The highest BCUT2D eigenvalue weighted by molar-refractivity contribution is 6.31. The van der Waals surface area contributed by atoms with Crippen LogP contribution in [-0.4, -0.2) is 14.2 Å². The van der Waals surface area contributed by atoms with Crippen LogP contribution in [0.3, 0.4) is 0 Å². The minimum absolute atomic E-state index is 0.373. The normalized spacial score (nSPS) is 12.1. The standard InChI is InChI=1S/C17H20ClNO2/c1-10-7-13(15(18)8-11(10)2)17(19)14-9-12(20-3)5-6-16(14)21-4/h5-9,17H,19H2,1-4H3. The van der Waals surface area contributed by atoms with Gasteiger partial charge < -0.3 is 15.2 Å². The predicted octanol–water partition coefficient (Wildman–Crippen LogP) is 4.02. The van der Waals surface area contributed by atoms with E-state index >= 15 is 0 Å². The predicted molar refractivity (Wildman–Crippen MR) is 86.5 cm³/mol. The number of hydrogen-bond donors (Lipinski definition) is 1. The second kappa shape index (κ2) is 6.37. The van der Waals surface area contributed by atoms with Gasteiger partial charge in [0, 0.05) is 10.6 Å². The fourth-order valence-corrected chi connectivity index (χ4v) is 2.63. The molecule has 3 nitrogen and oxygen atoms in total. The summed E-state index contributed by atoms with van der Waals surface area (Å²) in [6, 6.07) is 9.18. The number of hydrogen-bond acceptors (Lipinski definition) is 3. The van der Waals surface area contributed by atoms with E-state index in [2.05, 4.69) is 0 Å². The van der Waals surface area contributed by atoms with Crippen molar-refractivity contribution >= 4 is 11.6 Å². The van der Waals surface area contributed by atoms with E-state index in [9.17, 15) is 0 Å². The van der Waals surface area contributed by atoms with E-state index in [0.717, 1.165) is 33.8 Å². The number of aryl methyl sites for hydroxylation is 2. The van der Waals surface area contributed by atoms with Gasteiger partial charge in [0.1, 0.15) is 11.5 Å². The summed E-state index contributed by atoms with van der Waals surface area (Å²) in [7, 11) is 3.25. The Morgan fingerprint density at radius 3 is 2.24 bits per heavy atom. The molecule has 0 spiro atoms. The van der Waals surface area contributed by atoms with Crippen molar-refractivity contribution in [2.24, 2.45) is 5.73 Å². The number of nitrogens with two attached hydrogens (primary N) is 1. The van der Waals surface area contributed by atoms with Crippen molar-refractivity contribution in [2.75, 3.05) is 14.2 Å². The largest absolute Gasteiger partial charge is 0.497 e. The Labute approximate surface area is 130 Å². The summed E-state index contributed by atoms with van der Waals surface area (Å²) in [5, 5.41) is 0.662. The van der Waals surface area contributed by atoms with E-state index < -0.39 is 0 Å². The lowest BCUT2D eigenvalue weighted by Gasteiger charge is -2.19. The van der Waals surface area contributed by atoms with Crippen molar-refractivity contribution in [1.29, 1.82) is 0 Å². The van der Waals surface area contributed by atoms with Gasteiger partial charge >= 0.3 is 0 Å². The van der Waals surface area contributed by atoms with E-state index in [4.69, 9.17) is 26.8 Å². The first-order chi connectivity index (χ1) is 9.97. The van der Waals surface area contributed by atoms with Gasteiger partial charge in [0.2, 0.25) is 0 Å². The van der Waals surface area contributed by atoms with Crippen molar-refractivity contribution in [3.8, 4) is 11.5 Å². The molecule has 2 rings (SSSR count). The Bertz CT molecular complexity index is 655. The molecule has 4 heteroatoms. The summed E-state index contributed by atoms with van der Waals surface area (Å²) in [5.74, 6) is 1.46. The van der Waals surface area contributed by atoms with E-state index in [1.165, 1.54) is 0 Å². The second-order valence-electron chi connectivity index (χ2n) is 5.04. The maximum Gasteiger partial charge on any atom is 0.124 e. The highest BCUT2D eigenvalue weighted by atomic mass is 35.5. The third-order valence-electron chi connectivity index (χ3n) is 3.72. The molecule has 0 saturated heterocycles. The highest BCUT2D eigenvalue weighted by Crippen LogP contribution is 2.35. The lowest BCUT2D eigenvalue weighted by molar-refractivity contribution is 0.397. The Hall–Kier alpha value is -1.71. The van der Waals surface area contributed by atoms with E-state index in [1.54, 1.807) is 14.2 Å². The van der Waals surface area contributed by atoms with Crippen LogP contribution in [0, 0.1) is 13.8 Å². The van der Waals surface area contributed by atoms with Crippen LogP contribution in [0.1, 0.15) is 28.3 Å². The minimum atomic E-state index is -0.373. The van der Waals surface area contributed by atoms with Gasteiger partial charge in [-0.25, -0.2) is 0 Å². The molecule has 1 unspecified atom stereocenters. The molecule has 0 fully saturated rings. The SMILES string of the molecule is COc1ccc(OC)c(C(N)c2cc(C)c(C)cc2Cl)c1. The average Bonchev–Trinajstić information content (AvgIpc) is 2.49. The van der Waals surface area contributed by atoms with Gasteiger partial charge in [-0.05, 0) is 54.8 Å². The lowest BCUT2D eigenvalue weighted by atomic mass is 9.95. The quantitative estimate of drug-likeness (QED) is 0.928. The summed E-state index contributed by atoms with van der Waals surface area (Å²) < 4.78 is 10.7. The fraction of sp³-hybridized carbons (Fsp3) is 0.294. The average molecular weight is 306 g/mol. The molecule has 0 saturated carbocycles. The molecule has 0 aliphatic heterocycles. The van der Waals surface area contributed by atoms with Gasteiger partial charge in [-0.2, -0.15) is 0 Å². The summed E-state index contributed by atoms with van der Waals surface area (Å²) in [5.41, 5.74) is 10.5. The van der Waals surface area contributed by atoms with Crippen LogP contribution in [-0.2, 0) is 0 Å². The molecular weight excluding hydrogens is 286 g/mol. The maximum atomic E-state index is 6.42. The summed E-state index contributed by atoms with van der Waals surface area (Å²) >= 11 is 6.36. The molecule has 2 N–H and O–H groups in total. The summed E-state index contributed by atoms with van der Waals surface area (Å²) in [4.78, 5) is 0. The molecule has 0 aliphatic carbocycles. The molecule has 0 heterocycles. The topological polar surface area (TPSA) is 44.5 Å². The zero-order valence-electron chi connectivity index (χ0n) is 12.7. The number of ether oxygens (including phenoxy) is 2. The third-order valence-corrected chi connectivity index (χ3v) is 4.05. The second-order valence-corrected chi connectivity index (χ2v) is 5.45. The van der Waals surface area contributed by atoms with Crippen LogP contribution in [0.25, 0.3) is 0 Å². The van der Waals surface area contributed by atoms with Crippen LogP contribution in [0.4, 0.5) is 0 Å². The molecule has 0 aromatic heterocycles. The number of halogens is 1. The van der Waals surface area contributed by atoms with Crippen molar-refractivity contribution in [1.82, 2.24) is 0 Å². The Balaban J connectivity index is 2.53. The zero-order chi connectivity index (χ0) is 15.6. The van der Waals surface area contributed by atoms with Crippen molar-refractivity contribution in [3.63, 3.8) is 0 Å². The molecule has 0 aliphatic rings. The molecule has 2 aromatic carbocycles. The number of methoxy groups -OCH3 is 2. The Morgan fingerprint density at radius 2 is 1.62 bits per heavy atom. The van der Waals surface area contributed by atoms with E-state index in [-0.39, 0.29) is 6.04 Å². The zero-order valence-corrected chi connectivity index (χ0v) is 13.5. The molecule has 0 radical (unpaired) electrons. The maximum absolute atomic E-state index is 6.42. The van der Waals surface area contributed by atoms with Crippen molar-refractivity contribution < 1.29 is 9.47 Å². The van der Waals surface area contributed by atoms with Crippen LogP contribution in [0.5, 0.6) is 11.5 Å². The first kappa shape index (κ1) is 15.7. The van der Waals surface area contributed by atoms with Crippen molar-refractivity contribution in [3.05, 3.63) is 57.6 Å². The Kier molecular flexibility index (Phi) is 4.76. The fourth-order valence-electron chi connectivity index (χ4n) is 2.29. The summed E-state index contributed by atoms with van der Waals surface area (Å²) in [6.45, 7) is 4.08. The van der Waals surface area contributed by atoms with E-state index in [1.807, 2.05) is 44.2 Å². The van der Waals surface area contributed by atoms with Gasteiger partial charge in [0.25, 0.3) is 0 Å². The van der Waals surface area contributed by atoms with Gasteiger partial charge in [0.05, 0.1) is 20.3 Å². The smallest absolute Gasteiger partial charge is 0.124 e. The molecule has 21 heavy (non-hydrogen) atoms. The van der Waals surface area contributed by atoms with Crippen LogP contribution >= 0.6 is 11.6 Å². The van der Waals surface area contributed by atoms with Gasteiger partial charge in [-0.1, -0.05) is 17.7 Å². The van der Waals surface area contributed by atoms with Crippen LogP contribution in [0.2, 0.25) is 5.02 Å². The minimum Gasteiger partial charge on any atom is -0.497 e. The molecule has 2 aromatic rings. The molecule has 112 valence electrons. The monoisotopic (exact) mass is 305 g/mol. The number of benzene rings is 2. The first-order valence-corrected chi connectivity index (χ1v) is 7.10. The molecule has 0 bridgehead atoms. The van der Waals surface area contributed by atoms with Crippen molar-refractivity contribution in [2.45, 2.75) is 19.9 Å². The van der Waals surface area contributed by atoms with Gasteiger partial charge in [0.15, 0.2) is 0 Å². The third kappa shape index (κ3) is 3.14. The van der Waals surface area contributed by atoms with Crippen LogP contribution in [0.15, 0.2) is 30.3 Å². The summed E-state index contributed by atoms with van der Waals surface area (Å²) in [6.07, 6.45) is 0. The molecule has 1 atom stereocenters. The van der Waals surface area contributed by atoms with Crippen LogP contribution < -0.4 is 15.2 Å². The first-order valence-electron chi connectivity index (χ1n) is 6.72. The highest BCUT2D eigenvalue weighted by Gasteiger charge is 2.18. The Morgan fingerprint density at radius 1 is 0.952 bits per heavy atom.